The van der Waals surface area contributed by atoms with Gasteiger partial charge in [-0.2, -0.15) is 0 Å². The number of nitrogens with zero attached hydrogens (tertiary/aromatic N) is 1. The van der Waals surface area contributed by atoms with Gasteiger partial charge in [0.2, 0.25) is 17.7 Å². The van der Waals surface area contributed by atoms with Gasteiger partial charge in [-0.05, 0) is 48.5 Å². The van der Waals surface area contributed by atoms with Crippen LogP contribution >= 0.6 is 11.6 Å². The Morgan fingerprint density at radius 1 is 1.07 bits per heavy atom. The Bertz CT molecular complexity index is 1050. The number of hydrogen-bond acceptors (Lipinski definition) is 5. The minimum atomic E-state index is -3.94. The van der Waals surface area contributed by atoms with Crippen molar-refractivity contribution >= 4 is 50.7 Å². The summed E-state index contributed by atoms with van der Waals surface area (Å²) in [5.41, 5.74) is 1.05. The number of anilines is 2. The van der Waals surface area contributed by atoms with Gasteiger partial charge >= 0.3 is 0 Å². The molecule has 1 unspecified atom stereocenters. The summed E-state index contributed by atoms with van der Waals surface area (Å²) in [7, 11) is -3.94. The fourth-order valence-corrected chi connectivity index (χ4v) is 4.08. The lowest BCUT2D eigenvalue weighted by Gasteiger charge is -2.16. The van der Waals surface area contributed by atoms with Crippen LogP contribution in [0, 0.1) is 5.92 Å². The van der Waals surface area contributed by atoms with Gasteiger partial charge in [-0.3, -0.25) is 14.4 Å². The van der Waals surface area contributed by atoms with Crippen molar-refractivity contribution in [3.05, 3.63) is 53.6 Å². The number of amides is 3. The molecule has 2 N–H and O–H groups in total. The third kappa shape index (κ3) is 4.93. The van der Waals surface area contributed by atoms with Crippen molar-refractivity contribution in [1.29, 1.82) is 0 Å². The molecule has 3 amide bonds. The van der Waals surface area contributed by atoms with Gasteiger partial charge in [0.05, 0.1) is 10.8 Å². The predicted molar refractivity (Wildman–Crippen MR) is 108 cm³/mol. The summed E-state index contributed by atoms with van der Waals surface area (Å²) in [5, 5.41) is 3.24. The molecule has 1 saturated heterocycles. The van der Waals surface area contributed by atoms with Crippen molar-refractivity contribution in [2.24, 2.45) is 5.92 Å². The zero-order valence-corrected chi connectivity index (χ0v) is 17.0. The highest BCUT2D eigenvalue weighted by molar-refractivity contribution is 7.90. The summed E-state index contributed by atoms with van der Waals surface area (Å²) in [6.07, 6.45) is 0.0729. The lowest BCUT2D eigenvalue weighted by Crippen LogP contribution is -2.28. The molecule has 3 rings (SSSR count). The highest BCUT2D eigenvalue weighted by Gasteiger charge is 2.35. The molecule has 1 heterocycles. The Morgan fingerprint density at radius 2 is 1.69 bits per heavy atom. The fraction of sp³-hybridized carbons (Fsp3) is 0.211. The van der Waals surface area contributed by atoms with Gasteiger partial charge < -0.3 is 10.2 Å². The van der Waals surface area contributed by atoms with E-state index in [2.05, 4.69) is 5.32 Å². The van der Waals surface area contributed by atoms with Gasteiger partial charge in [0, 0.05) is 36.3 Å². The zero-order chi connectivity index (χ0) is 21.2. The van der Waals surface area contributed by atoms with Crippen molar-refractivity contribution in [3.63, 3.8) is 0 Å². The lowest BCUT2D eigenvalue weighted by atomic mass is 10.1. The quantitative estimate of drug-likeness (QED) is 0.747. The van der Waals surface area contributed by atoms with Crippen LogP contribution in [0.15, 0.2) is 53.4 Å². The second-order valence-corrected chi connectivity index (χ2v) is 8.68. The van der Waals surface area contributed by atoms with E-state index >= 15 is 0 Å². The van der Waals surface area contributed by atoms with Crippen molar-refractivity contribution in [2.75, 3.05) is 16.8 Å². The zero-order valence-electron chi connectivity index (χ0n) is 15.4. The number of sulfonamides is 1. The normalized spacial score (nSPS) is 16.6. The van der Waals surface area contributed by atoms with Crippen LogP contribution < -0.4 is 14.9 Å². The molecule has 0 saturated carbocycles. The summed E-state index contributed by atoms with van der Waals surface area (Å²) < 4.78 is 25.7. The molecule has 0 bridgehead atoms. The Labute approximate surface area is 172 Å². The molecule has 29 heavy (non-hydrogen) atoms. The number of carbonyl (C=O) groups is 3. The average Bonchev–Trinajstić information content (AvgIpc) is 3.04. The molecule has 1 aliphatic rings. The Kier molecular flexibility index (Phi) is 5.90. The van der Waals surface area contributed by atoms with Crippen LogP contribution in [0.2, 0.25) is 5.02 Å². The number of halogens is 1. The minimum Gasteiger partial charge on any atom is -0.326 e. The molecule has 8 nitrogen and oxygen atoms in total. The van der Waals surface area contributed by atoms with E-state index in [9.17, 15) is 22.8 Å². The first kappa shape index (κ1) is 20.8. The van der Waals surface area contributed by atoms with Crippen molar-refractivity contribution in [3.8, 4) is 0 Å². The molecule has 1 fully saturated rings. The molecule has 0 aliphatic carbocycles. The summed E-state index contributed by atoms with van der Waals surface area (Å²) in [6, 6.07) is 12.2. The molecule has 1 atom stereocenters. The number of hydrogen-bond donors (Lipinski definition) is 2. The molecular formula is C19H18ClN3O5S. The van der Waals surface area contributed by atoms with Crippen molar-refractivity contribution in [1.82, 2.24) is 4.72 Å². The molecule has 1 aliphatic heterocycles. The standard InChI is InChI=1S/C19H18ClN3O5S/c1-12(24)22-29(27,28)17-8-4-15(5-9-17)21-19(26)13-10-18(25)23(11-13)16-6-2-14(20)3-7-16/h2-9,13H,10-11H2,1H3,(H,21,26)(H,22,24). The van der Waals surface area contributed by atoms with E-state index in [-0.39, 0.29) is 29.7 Å². The average molecular weight is 436 g/mol. The van der Waals surface area contributed by atoms with E-state index in [1.807, 2.05) is 4.72 Å². The SMILES string of the molecule is CC(=O)NS(=O)(=O)c1ccc(NC(=O)C2CC(=O)N(c3ccc(Cl)cc3)C2)cc1. The minimum absolute atomic E-state index is 0.0729. The van der Waals surface area contributed by atoms with Gasteiger partial charge in [-0.25, -0.2) is 13.1 Å². The number of nitrogens with one attached hydrogen (secondary N) is 2. The Balaban J connectivity index is 1.65. The third-order valence-corrected chi connectivity index (χ3v) is 6.05. The second kappa shape index (κ2) is 8.22. The first-order chi connectivity index (χ1) is 13.7. The molecule has 2 aromatic carbocycles. The van der Waals surface area contributed by atoms with Gasteiger partial charge in [-0.1, -0.05) is 11.6 Å². The van der Waals surface area contributed by atoms with Gasteiger partial charge in [0.25, 0.3) is 10.0 Å². The smallest absolute Gasteiger partial charge is 0.264 e. The number of benzene rings is 2. The fourth-order valence-electron chi connectivity index (χ4n) is 2.96. The highest BCUT2D eigenvalue weighted by atomic mass is 35.5. The number of rotatable bonds is 5. The van der Waals surface area contributed by atoms with Gasteiger partial charge in [0.1, 0.15) is 0 Å². The molecule has 0 spiro atoms. The van der Waals surface area contributed by atoms with E-state index in [1.54, 1.807) is 24.3 Å². The molecule has 152 valence electrons. The molecule has 2 aromatic rings. The molecule has 0 radical (unpaired) electrons. The number of carbonyl (C=O) groups excluding carboxylic acids is 3. The van der Waals surface area contributed by atoms with Crippen LogP contribution in [0.4, 0.5) is 11.4 Å². The lowest BCUT2D eigenvalue weighted by molar-refractivity contribution is -0.122. The van der Waals surface area contributed by atoms with Crippen molar-refractivity contribution < 1.29 is 22.8 Å². The van der Waals surface area contributed by atoms with Crippen LogP contribution in [0.5, 0.6) is 0 Å². The van der Waals surface area contributed by atoms with E-state index in [0.717, 1.165) is 6.92 Å². The topological polar surface area (TPSA) is 113 Å². The molecule has 10 heteroatoms. The van der Waals surface area contributed by atoms with Crippen LogP contribution in [-0.2, 0) is 24.4 Å². The molecule has 0 aromatic heterocycles. The first-order valence-electron chi connectivity index (χ1n) is 8.66. The van der Waals surface area contributed by atoms with Crippen molar-refractivity contribution in [2.45, 2.75) is 18.2 Å². The summed E-state index contributed by atoms with van der Waals surface area (Å²) in [4.78, 5) is 37.2. The van der Waals surface area contributed by atoms with Crippen LogP contribution in [0.1, 0.15) is 13.3 Å². The van der Waals surface area contributed by atoms with Crippen LogP contribution in [-0.4, -0.2) is 32.7 Å². The third-order valence-electron chi connectivity index (χ3n) is 4.34. The van der Waals surface area contributed by atoms with Crippen LogP contribution in [0.3, 0.4) is 0 Å². The summed E-state index contributed by atoms with van der Waals surface area (Å²) >= 11 is 5.86. The maximum absolute atomic E-state index is 12.5. The van der Waals surface area contributed by atoms with E-state index in [4.69, 9.17) is 11.6 Å². The highest BCUT2D eigenvalue weighted by Crippen LogP contribution is 2.27. The Morgan fingerprint density at radius 3 is 2.28 bits per heavy atom. The van der Waals surface area contributed by atoms with E-state index in [1.165, 1.54) is 29.2 Å². The largest absolute Gasteiger partial charge is 0.326 e. The van der Waals surface area contributed by atoms with Gasteiger partial charge in [0.15, 0.2) is 0 Å². The predicted octanol–water partition coefficient (Wildman–Crippen LogP) is 2.16. The van der Waals surface area contributed by atoms with E-state index in [0.29, 0.717) is 16.4 Å². The summed E-state index contributed by atoms with van der Waals surface area (Å²) in [6.45, 7) is 1.34. The summed E-state index contributed by atoms with van der Waals surface area (Å²) in [5.74, 6) is -1.74. The molecular weight excluding hydrogens is 418 g/mol. The van der Waals surface area contributed by atoms with E-state index < -0.39 is 21.8 Å². The Hall–Kier alpha value is -2.91. The van der Waals surface area contributed by atoms with Gasteiger partial charge in [-0.15, -0.1) is 0 Å². The monoisotopic (exact) mass is 435 g/mol. The first-order valence-corrected chi connectivity index (χ1v) is 10.5. The maximum Gasteiger partial charge on any atom is 0.264 e. The second-order valence-electron chi connectivity index (χ2n) is 6.56. The van der Waals surface area contributed by atoms with Crippen LogP contribution in [0.25, 0.3) is 0 Å². The maximum atomic E-state index is 12.5.